The van der Waals surface area contributed by atoms with Gasteiger partial charge in [0.25, 0.3) is 11.8 Å². The average molecular weight is 859 g/mol. The predicted octanol–water partition coefficient (Wildman–Crippen LogP) is 5.38. The van der Waals surface area contributed by atoms with Crippen LogP contribution >= 0.6 is 0 Å². The standard InChI is InChI=1S/C24H30N2O7.C22H28N2O5/c1-24(2,12-15-5-7-17(8-6-15)32-9-3-4-22(30)31)25-13-20(28)18-10-16(27)11-19-23(18)33-14-21(29)26-19;1-4-28-16-7-5-14(6-8-16)11-22(2,3)23-12-19(26)17-9-15(25)10-18-21(17)29-13-20(27)24-18/h5-8,10-11,20,25,27-28H,3-4,9,12-14H2,1-2H3,(H,26,29)(H,30,31);5-10,19,23,25-26H,4,11-13H2,1-3H3,(H,24,27). The number of phenols is 2. The monoisotopic (exact) mass is 858 g/mol. The Kier molecular flexibility index (Phi) is 16.0. The van der Waals surface area contributed by atoms with Crippen molar-refractivity contribution in [2.75, 3.05) is 50.2 Å². The number of anilines is 2. The Morgan fingerprint density at radius 2 is 1.13 bits per heavy atom. The summed E-state index contributed by atoms with van der Waals surface area (Å²) in [5, 5.41) is 62.0. The number of carboxylic acid groups (broad SMARTS) is 1. The second-order valence-corrected chi connectivity index (χ2v) is 16.5. The minimum Gasteiger partial charge on any atom is -0.508 e. The minimum atomic E-state index is -0.957. The van der Waals surface area contributed by atoms with Crippen molar-refractivity contribution < 1.29 is 58.9 Å². The van der Waals surface area contributed by atoms with E-state index in [1.807, 2.05) is 69.3 Å². The highest BCUT2D eigenvalue weighted by Crippen LogP contribution is 2.40. The summed E-state index contributed by atoms with van der Waals surface area (Å²) >= 11 is 0. The molecule has 0 radical (unpaired) electrons. The smallest absolute Gasteiger partial charge is 0.303 e. The second-order valence-electron chi connectivity index (χ2n) is 16.5. The Labute approximate surface area is 361 Å². The summed E-state index contributed by atoms with van der Waals surface area (Å²) in [4.78, 5) is 33.6. The highest BCUT2D eigenvalue weighted by atomic mass is 16.5. The molecule has 4 aromatic rings. The summed E-state index contributed by atoms with van der Waals surface area (Å²) in [7, 11) is 0. The lowest BCUT2D eigenvalue weighted by Crippen LogP contribution is -2.43. The van der Waals surface area contributed by atoms with Gasteiger partial charge in [-0.15, -0.1) is 0 Å². The lowest BCUT2D eigenvalue weighted by Gasteiger charge is -2.29. The van der Waals surface area contributed by atoms with Crippen LogP contribution in [0.5, 0.6) is 34.5 Å². The quantitative estimate of drug-likeness (QED) is 0.0539. The molecule has 0 aliphatic carbocycles. The number of fused-ring (bicyclic) bond motifs is 2. The summed E-state index contributed by atoms with van der Waals surface area (Å²) in [6.07, 6.45) is 0.110. The molecule has 2 heterocycles. The highest BCUT2D eigenvalue weighted by Gasteiger charge is 2.28. The van der Waals surface area contributed by atoms with Crippen LogP contribution in [0.15, 0.2) is 72.8 Å². The molecule has 0 saturated carbocycles. The predicted molar refractivity (Wildman–Crippen MR) is 232 cm³/mol. The number of carbonyl (C=O) groups is 3. The topological polar surface area (TPSA) is 237 Å². The number of nitrogens with one attached hydrogen (secondary N) is 4. The van der Waals surface area contributed by atoms with Gasteiger partial charge in [0.2, 0.25) is 0 Å². The molecule has 0 fully saturated rings. The molecule has 6 rings (SSSR count). The van der Waals surface area contributed by atoms with Gasteiger partial charge in [-0.05, 0) is 101 Å². The number of phenolic OH excluding ortho intramolecular Hbond substituents is 2. The SMILES string of the molecule is CC(C)(Cc1ccc(OCCCC(=O)O)cc1)NCC(O)c1cc(O)cc2c1OCC(=O)N2.CCOc1ccc(CC(C)(C)NCC(O)c2cc(O)cc3c2OCC(=O)N3)cc1. The summed E-state index contributed by atoms with van der Waals surface area (Å²) in [6, 6.07) is 21.3. The summed E-state index contributed by atoms with van der Waals surface area (Å²) in [5.41, 5.74) is 3.13. The average Bonchev–Trinajstić information content (AvgIpc) is 3.21. The molecule has 4 aromatic carbocycles. The minimum absolute atomic E-state index is 0.0442. The van der Waals surface area contributed by atoms with Crippen LogP contribution in [0.1, 0.15) is 81.9 Å². The fourth-order valence-electron chi connectivity index (χ4n) is 7.02. The van der Waals surface area contributed by atoms with Crippen LogP contribution < -0.4 is 40.2 Å². The Bertz CT molecular complexity index is 2160. The van der Waals surface area contributed by atoms with E-state index in [0.717, 1.165) is 23.3 Å². The lowest BCUT2D eigenvalue weighted by atomic mass is 9.94. The van der Waals surface area contributed by atoms with Crippen molar-refractivity contribution >= 4 is 29.2 Å². The molecule has 9 N–H and O–H groups in total. The molecule has 0 aromatic heterocycles. The molecule has 334 valence electrons. The van der Waals surface area contributed by atoms with Gasteiger partial charge in [-0.3, -0.25) is 14.4 Å². The normalized spacial score (nSPS) is 14.3. The number of β-amino-alcohol motifs (C(OH)–C–C–N with tert-alkyl or cyclic N) is 2. The summed E-state index contributed by atoms with van der Waals surface area (Å²) < 4.78 is 22.0. The first-order valence-corrected chi connectivity index (χ1v) is 20.5. The highest BCUT2D eigenvalue weighted by molar-refractivity contribution is 5.96. The molecule has 0 saturated heterocycles. The van der Waals surface area contributed by atoms with E-state index in [2.05, 4.69) is 35.1 Å². The zero-order valence-electron chi connectivity index (χ0n) is 35.7. The van der Waals surface area contributed by atoms with E-state index < -0.39 is 18.2 Å². The molecular weight excluding hydrogens is 801 g/mol. The van der Waals surface area contributed by atoms with Crippen LogP contribution in [0.4, 0.5) is 11.4 Å². The molecule has 2 unspecified atom stereocenters. The van der Waals surface area contributed by atoms with Gasteiger partial charge in [0.1, 0.15) is 34.5 Å². The number of hydrogen-bond donors (Lipinski definition) is 9. The van der Waals surface area contributed by atoms with Crippen LogP contribution in [0, 0.1) is 0 Å². The van der Waals surface area contributed by atoms with Crippen molar-refractivity contribution in [3.63, 3.8) is 0 Å². The number of aliphatic carboxylic acids is 1. The fourth-order valence-corrected chi connectivity index (χ4v) is 7.02. The first-order valence-electron chi connectivity index (χ1n) is 20.5. The van der Waals surface area contributed by atoms with Crippen LogP contribution in [-0.4, -0.2) is 93.9 Å². The molecule has 2 amide bonds. The third-order valence-electron chi connectivity index (χ3n) is 9.97. The number of hydrogen-bond acceptors (Lipinski definition) is 13. The van der Waals surface area contributed by atoms with Crippen molar-refractivity contribution in [3.05, 3.63) is 95.1 Å². The lowest BCUT2D eigenvalue weighted by molar-refractivity contribution is -0.137. The van der Waals surface area contributed by atoms with Gasteiger partial charge in [0.15, 0.2) is 13.2 Å². The molecule has 2 aliphatic rings. The maximum absolute atomic E-state index is 11.5. The number of ether oxygens (including phenoxy) is 4. The molecular formula is C46H58N4O12. The number of aliphatic hydroxyl groups excluding tert-OH is 2. The molecule has 2 aliphatic heterocycles. The van der Waals surface area contributed by atoms with Gasteiger partial charge in [-0.1, -0.05) is 24.3 Å². The molecule has 62 heavy (non-hydrogen) atoms. The van der Waals surface area contributed by atoms with E-state index in [4.69, 9.17) is 24.1 Å². The van der Waals surface area contributed by atoms with Crippen LogP contribution in [-0.2, 0) is 27.2 Å². The second kappa shape index (κ2) is 21.1. The fraction of sp³-hybridized carbons (Fsp3) is 0.413. The van der Waals surface area contributed by atoms with Crippen LogP contribution in [0.3, 0.4) is 0 Å². The number of aliphatic hydroxyl groups is 2. The Balaban J connectivity index is 0.000000236. The number of benzene rings is 4. The van der Waals surface area contributed by atoms with Crippen molar-refractivity contribution in [2.24, 2.45) is 0 Å². The van der Waals surface area contributed by atoms with Gasteiger partial charge in [-0.25, -0.2) is 0 Å². The summed E-state index contributed by atoms with van der Waals surface area (Å²) in [5.74, 6) is 0.721. The van der Waals surface area contributed by atoms with E-state index in [1.54, 1.807) is 0 Å². The third kappa shape index (κ3) is 14.0. The van der Waals surface area contributed by atoms with Crippen LogP contribution in [0.2, 0.25) is 0 Å². The van der Waals surface area contributed by atoms with Crippen molar-refractivity contribution in [1.82, 2.24) is 10.6 Å². The van der Waals surface area contributed by atoms with E-state index in [9.17, 15) is 34.8 Å². The number of carboxylic acids is 1. The van der Waals surface area contributed by atoms with E-state index in [1.165, 1.54) is 24.3 Å². The van der Waals surface area contributed by atoms with Gasteiger partial charge < -0.3 is 65.7 Å². The first kappa shape index (κ1) is 47.0. The summed E-state index contributed by atoms with van der Waals surface area (Å²) in [6.45, 7) is 11.3. The van der Waals surface area contributed by atoms with Crippen molar-refractivity contribution in [3.8, 4) is 34.5 Å². The van der Waals surface area contributed by atoms with E-state index in [0.29, 0.717) is 65.8 Å². The van der Waals surface area contributed by atoms with Crippen molar-refractivity contribution in [1.29, 1.82) is 0 Å². The molecule has 0 bridgehead atoms. The van der Waals surface area contributed by atoms with E-state index in [-0.39, 0.29) is 67.1 Å². The molecule has 0 spiro atoms. The maximum Gasteiger partial charge on any atom is 0.303 e. The van der Waals surface area contributed by atoms with E-state index >= 15 is 0 Å². The van der Waals surface area contributed by atoms with Gasteiger partial charge in [-0.2, -0.15) is 0 Å². The zero-order valence-corrected chi connectivity index (χ0v) is 35.7. The third-order valence-corrected chi connectivity index (χ3v) is 9.97. The molecule has 16 nitrogen and oxygen atoms in total. The number of rotatable bonds is 19. The van der Waals surface area contributed by atoms with Gasteiger partial charge in [0.05, 0.1) is 36.8 Å². The largest absolute Gasteiger partial charge is 0.508 e. The number of amides is 2. The van der Waals surface area contributed by atoms with Gasteiger partial charge in [0, 0.05) is 53.8 Å². The van der Waals surface area contributed by atoms with Gasteiger partial charge >= 0.3 is 5.97 Å². The number of aromatic hydroxyl groups is 2. The van der Waals surface area contributed by atoms with Crippen molar-refractivity contribution in [2.45, 2.75) is 83.6 Å². The zero-order chi connectivity index (χ0) is 45.0. The molecule has 16 heteroatoms. The van der Waals surface area contributed by atoms with Crippen LogP contribution in [0.25, 0.3) is 0 Å². The maximum atomic E-state index is 11.5. The number of carbonyl (C=O) groups excluding carboxylic acids is 2. The first-order chi connectivity index (χ1) is 29.4. The molecule has 2 atom stereocenters. The Morgan fingerprint density at radius 1 is 0.710 bits per heavy atom. The Hall–Kier alpha value is -6.07. The Morgan fingerprint density at radius 3 is 1.53 bits per heavy atom.